The molecule has 1 aliphatic rings. The van der Waals surface area contributed by atoms with E-state index in [2.05, 4.69) is 5.32 Å². The predicted molar refractivity (Wildman–Crippen MR) is 47.9 cm³/mol. The number of rotatable bonds is 1. The molecule has 0 amide bonds. The normalized spacial score (nSPS) is 21.7. The van der Waals surface area contributed by atoms with Gasteiger partial charge in [-0.3, -0.25) is 0 Å². The van der Waals surface area contributed by atoms with Crippen LogP contribution in [0.25, 0.3) is 0 Å². The van der Waals surface area contributed by atoms with Gasteiger partial charge in [-0.05, 0) is 6.07 Å². The minimum Gasteiger partial charge on any atom is -0.378 e. The Bertz CT molecular complexity index is 364. The molecule has 1 fully saturated rings. The average Bonchev–Trinajstić information content (AvgIpc) is 2.27. The molecule has 2 nitrogen and oxygen atoms in total. The summed E-state index contributed by atoms with van der Waals surface area (Å²) in [6.07, 6.45) is 0. The molecule has 0 radical (unpaired) electrons. The van der Waals surface area contributed by atoms with Crippen molar-refractivity contribution in [1.82, 2.24) is 5.32 Å². The van der Waals surface area contributed by atoms with Crippen molar-refractivity contribution in [2.24, 2.45) is 0 Å². The van der Waals surface area contributed by atoms with Gasteiger partial charge in [0.15, 0.2) is 17.5 Å². The van der Waals surface area contributed by atoms with Gasteiger partial charge in [-0.25, -0.2) is 13.2 Å². The third kappa shape index (κ3) is 1.98. The van der Waals surface area contributed by atoms with Crippen molar-refractivity contribution in [1.29, 1.82) is 0 Å². The smallest absolute Gasteiger partial charge is 0.194 e. The van der Waals surface area contributed by atoms with Gasteiger partial charge in [0.2, 0.25) is 0 Å². The molecular weight excluding hydrogens is 207 g/mol. The summed E-state index contributed by atoms with van der Waals surface area (Å²) in [6, 6.07) is 1.75. The van der Waals surface area contributed by atoms with E-state index in [-0.39, 0.29) is 12.2 Å². The van der Waals surface area contributed by atoms with Gasteiger partial charge >= 0.3 is 0 Å². The van der Waals surface area contributed by atoms with E-state index in [4.69, 9.17) is 4.74 Å². The monoisotopic (exact) mass is 217 g/mol. The van der Waals surface area contributed by atoms with Gasteiger partial charge in [0.05, 0.1) is 19.3 Å². The van der Waals surface area contributed by atoms with E-state index in [0.717, 1.165) is 6.07 Å². The van der Waals surface area contributed by atoms with Crippen LogP contribution in [0.4, 0.5) is 13.2 Å². The summed E-state index contributed by atoms with van der Waals surface area (Å²) in [5.41, 5.74) is 0.105. The second kappa shape index (κ2) is 4.20. The SMILES string of the molecule is Fc1ccc(C2COCCN2)c(F)c1F. The topological polar surface area (TPSA) is 21.3 Å². The Morgan fingerprint density at radius 1 is 1.20 bits per heavy atom. The first-order valence-electron chi connectivity index (χ1n) is 4.64. The van der Waals surface area contributed by atoms with Crippen molar-refractivity contribution in [2.45, 2.75) is 6.04 Å². The van der Waals surface area contributed by atoms with Crippen molar-refractivity contribution < 1.29 is 17.9 Å². The minimum absolute atomic E-state index is 0.105. The lowest BCUT2D eigenvalue weighted by Crippen LogP contribution is -2.35. The third-order valence-corrected chi connectivity index (χ3v) is 2.36. The van der Waals surface area contributed by atoms with Gasteiger partial charge in [-0.1, -0.05) is 6.07 Å². The summed E-state index contributed by atoms with van der Waals surface area (Å²) in [7, 11) is 0. The van der Waals surface area contributed by atoms with Crippen molar-refractivity contribution in [3.63, 3.8) is 0 Å². The first-order chi connectivity index (χ1) is 7.20. The molecule has 0 bridgehead atoms. The lowest BCUT2D eigenvalue weighted by molar-refractivity contribution is 0.0754. The molecule has 5 heteroatoms. The lowest BCUT2D eigenvalue weighted by Gasteiger charge is -2.24. The molecule has 1 aromatic rings. The molecule has 2 rings (SSSR count). The molecule has 1 N–H and O–H groups in total. The molecule has 82 valence electrons. The van der Waals surface area contributed by atoms with Crippen LogP contribution in [0.1, 0.15) is 11.6 Å². The van der Waals surface area contributed by atoms with Gasteiger partial charge in [0.25, 0.3) is 0 Å². The van der Waals surface area contributed by atoms with E-state index < -0.39 is 23.5 Å². The Labute approximate surface area is 85.0 Å². The summed E-state index contributed by atoms with van der Waals surface area (Å²) in [6.45, 7) is 1.38. The quantitative estimate of drug-likeness (QED) is 0.724. The maximum absolute atomic E-state index is 13.3. The van der Waals surface area contributed by atoms with Crippen LogP contribution in [-0.4, -0.2) is 19.8 Å². The Hall–Kier alpha value is -1.07. The van der Waals surface area contributed by atoms with Gasteiger partial charge in [-0.2, -0.15) is 0 Å². The third-order valence-electron chi connectivity index (χ3n) is 2.36. The number of hydrogen-bond donors (Lipinski definition) is 1. The molecule has 0 saturated carbocycles. The van der Waals surface area contributed by atoms with Crippen molar-refractivity contribution in [2.75, 3.05) is 19.8 Å². The van der Waals surface area contributed by atoms with Gasteiger partial charge in [0.1, 0.15) is 0 Å². The number of benzene rings is 1. The number of halogens is 3. The first kappa shape index (κ1) is 10.4. The molecule has 0 aromatic heterocycles. The second-order valence-corrected chi connectivity index (χ2v) is 3.35. The van der Waals surface area contributed by atoms with E-state index >= 15 is 0 Å². The molecule has 1 atom stereocenters. The molecule has 1 saturated heterocycles. The van der Waals surface area contributed by atoms with Crippen LogP contribution in [0.2, 0.25) is 0 Å². The summed E-state index contributed by atoms with van der Waals surface area (Å²) >= 11 is 0. The van der Waals surface area contributed by atoms with Crippen LogP contribution in [-0.2, 0) is 4.74 Å². The van der Waals surface area contributed by atoms with Crippen LogP contribution in [0.15, 0.2) is 12.1 Å². The highest BCUT2D eigenvalue weighted by Gasteiger charge is 2.22. The maximum Gasteiger partial charge on any atom is 0.194 e. The van der Waals surface area contributed by atoms with Crippen LogP contribution in [0, 0.1) is 17.5 Å². The number of morpholine rings is 1. The van der Waals surface area contributed by atoms with Crippen LogP contribution < -0.4 is 5.32 Å². The zero-order valence-electron chi connectivity index (χ0n) is 7.90. The van der Waals surface area contributed by atoms with E-state index in [0.29, 0.717) is 13.2 Å². The zero-order chi connectivity index (χ0) is 10.8. The fraction of sp³-hybridized carbons (Fsp3) is 0.400. The first-order valence-corrected chi connectivity index (χ1v) is 4.64. The zero-order valence-corrected chi connectivity index (χ0v) is 7.90. The van der Waals surface area contributed by atoms with Crippen molar-refractivity contribution in [3.8, 4) is 0 Å². The lowest BCUT2D eigenvalue weighted by atomic mass is 10.1. The largest absolute Gasteiger partial charge is 0.378 e. The number of hydrogen-bond acceptors (Lipinski definition) is 2. The molecule has 1 unspecified atom stereocenters. The molecule has 0 aliphatic carbocycles. The molecule has 1 aromatic carbocycles. The summed E-state index contributed by atoms with van der Waals surface area (Å²) in [4.78, 5) is 0. The Balaban J connectivity index is 2.31. The highest BCUT2D eigenvalue weighted by Crippen LogP contribution is 2.22. The van der Waals surface area contributed by atoms with Crippen molar-refractivity contribution in [3.05, 3.63) is 35.1 Å². The van der Waals surface area contributed by atoms with Crippen LogP contribution in [0.3, 0.4) is 0 Å². The van der Waals surface area contributed by atoms with Gasteiger partial charge in [0, 0.05) is 12.1 Å². The molecular formula is C10H10F3NO. The Kier molecular flexibility index (Phi) is 2.93. The van der Waals surface area contributed by atoms with Crippen LogP contribution in [0.5, 0.6) is 0 Å². The Morgan fingerprint density at radius 2 is 2.00 bits per heavy atom. The number of ether oxygens (including phenoxy) is 1. The van der Waals surface area contributed by atoms with Crippen LogP contribution >= 0.6 is 0 Å². The standard InChI is InChI=1S/C10H10F3NO/c11-7-2-1-6(9(12)10(7)13)8-5-15-4-3-14-8/h1-2,8,14H,3-5H2. The fourth-order valence-corrected chi connectivity index (χ4v) is 1.58. The van der Waals surface area contributed by atoms with E-state index in [1.807, 2.05) is 0 Å². The van der Waals surface area contributed by atoms with Gasteiger partial charge in [-0.15, -0.1) is 0 Å². The molecule has 1 heterocycles. The predicted octanol–water partition coefficient (Wildman–Crippen LogP) is 1.76. The fourth-order valence-electron chi connectivity index (χ4n) is 1.58. The number of nitrogens with one attached hydrogen (secondary N) is 1. The highest BCUT2D eigenvalue weighted by atomic mass is 19.2. The van der Waals surface area contributed by atoms with E-state index in [1.165, 1.54) is 6.07 Å². The molecule has 1 aliphatic heterocycles. The second-order valence-electron chi connectivity index (χ2n) is 3.35. The van der Waals surface area contributed by atoms with E-state index in [9.17, 15) is 13.2 Å². The summed E-state index contributed by atoms with van der Waals surface area (Å²) in [5.74, 6) is -3.74. The van der Waals surface area contributed by atoms with Gasteiger partial charge < -0.3 is 10.1 Å². The molecule has 15 heavy (non-hydrogen) atoms. The highest BCUT2D eigenvalue weighted by molar-refractivity contribution is 5.24. The minimum atomic E-state index is -1.43. The van der Waals surface area contributed by atoms with Crippen molar-refractivity contribution >= 4 is 0 Å². The Morgan fingerprint density at radius 3 is 2.67 bits per heavy atom. The maximum atomic E-state index is 13.3. The summed E-state index contributed by atoms with van der Waals surface area (Å²) < 4.78 is 44.0. The summed E-state index contributed by atoms with van der Waals surface area (Å²) in [5, 5.41) is 2.97. The van der Waals surface area contributed by atoms with E-state index in [1.54, 1.807) is 0 Å². The molecule has 0 spiro atoms. The average molecular weight is 217 g/mol.